The highest BCUT2D eigenvalue weighted by Gasteiger charge is 2.41. The molecule has 0 spiro atoms. The van der Waals surface area contributed by atoms with Crippen molar-refractivity contribution < 1.29 is 14.3 Å². The summed E-state index contributed by atoms with van der Waals surface area (Å²) in [6.07, 6.45) is 2.26. The highest BCUT2D eigenvalue weighted by atomic mass is 16.5. The van der Waals surface area contributed by atoms with E-state index in [1.807, 2.05) is 29.2 Å². The predicted molar refractivity (Wildman–Crippen MR) is 94.2 cm³/mol. The second kappa shape index (κ2) is 7.03. The van der Waals surface area contributed by atoms with Crippen molar-refractivity contribution in [1.82, 2.24) is 25.2 Å². The number of hydrogen-bond donors (Lipinski definition) is 1. The van der Waals surface area contributed by atoms with Gasteiger partial charge in [-0.1, -0.05) is 12.1 Å². The molecule has 138 valence electrons. The molecule has 8 heteroatoms. The first-order valence-corrected chi connectivity index (χ1v) is 9.08. The van der Waals surface area contributed by atoms with Gasteiger partial charge in [0.2, 0.25) is 11.8 Å². The number of rotatable bonds is 3. The summed E-state index contributed by atoms with van der Waals surface area (Å²) in [6.45, 7) is 1.18. The number of benzene rings is 1. The summed E-state index contributed by atoms with van der Waals surface area (Å²) in [5, 5.41) is 11.5. The summed E-state index contributed by atoms with van der Waals surface area (Å²) in [5.74, 6) is -0.0498. The molecular weight excluding hydrogens is 334 g/mol. The van der Waals surface area contributed by atoms with Crippen LogP contribution in [-0.4, -0.2) is 64.1 Å². The molecular formula is C18H23N5O3. The lowest BCUT2D eigenvalue weighted by Crippen LogP contribution is -2.57. The molecule has 0 unspecified atom stereocenters. The van der Waals surface area contributed by atoms with Gasteiger partial charge in [-0.25, -0.2) is 0 Å². The van der Waals surface area contributed by atoms with E-state index in [4.69, 9.17) is 4.74 Å². The summed E-state index contributed by atoms with van der Waals surface area (Å²) < 4.78 is 5.86. The van der Waals surface area contributed by atoms with E-state index in [0.29, 0.717) is 19.6 Å². The van der Waals surface area contributed by atoms with E-state index in [2.05, 4.69) is 15.5 Å². The van der Waals surface area contributed by atoms with Gasteiger partial charge in [-0.2, -0.15) is 15.0 Å². The van der Waals surface area contributed by atoms with Gasteiger partial charge in [0.15, 0.2) is 0 Å². The van der Waals surface area contributed by atoms with Crippen LogP contribution in [-0.2, 0) is 20.9 Å². The maximum Gasteiger partial charge on any atom is 0.246 e. The number of nitrogens with zero attached hydrogens (tertiary/aromatic N) is 4. The average molecular weight is 357 g/mol. The van der Waals surface area contributed by atoms with Gasteiger partial charge < -0.3 is 15.0 Å². The van der Waals surface area contributed by atoms with Gasteiger partial charge in [-0.05, 0) is 31.4 Å². The fourth-order valence-electron chi connectivity index (χ4n) is 4.05. The van der Waals surface area contributed by atoms with E-state index in [9.17, 15) is 9.59 Å². The number of aromatic nitrogens is 3. The van der Waals surface area contributed by atoms with Crippen molar-refractivity contribution in [2.24, 2.45) is 5.92 Å². The van der Waals surface area contributed by atoms with Crippen LogP contribution in [0.5, 0.6) is 0 Å². The third kappa shape index (κ3) is 3.16. The molecule has 1 aromatic carbocycles. The molecule has 1 aliphatic carbocycles. The van der Waals surface area contributed by atoms with E-state index in [0.717, 1.165) is 23.9 Å². The topological polar surface area (TPSA) is 89.4 Å². The molecule has 4 rings (SSSR count). The Morgan fingerprint density at radius 2 is 1.96 bits per heavy atom. The number of morpholine rings is 1. The molecule has 1 aromatic heterocycles. The number of fused-ring (bicyclic) bond motifs is 2. The normalized spacial score (nSPS) is 25.7. The summed E-state index contributed by atoms with van der Waals surface area (Å²) in [6, 6.07) is 7.50. The van der Waals surface area contributed by atoms with Crippen molar-refractivity contribution in [2.75, 3.05) is 20.2 Å². The van der Waals surface area contributed by atoms with Crippen LogP contribution in [0.1, 0.15) is 19.3 Å². The molecule has 26 heavy (non-hydrogen) atoms. The lowest BCUT2D eigenvalue weighted by atomic mass is 9.81. The highest BCUT2D eigenvalue weighted by molar-refractivity contribution is 5.79. The van der Waals surface area contributed by atoms with Crippen LogP contribution in [0.15, 0.2) is 24.3 Å². The van der Waals surface area contributed by atoms with E-state index < -0.39 is 0 Å². The first-order valence-electron chi connectivity index (χ1n) is 9.08. The summed E-state index contributed by atoms with van der Waals surface area (Å²) in [4.78, 5) is 28.3. The molecule has 1 saturated heterocycles. The minimum Gasteiger partial charge on any atom is -0.374 e. The number of nitrogens with one attached hydrogen (secondary N) is 1. The first-order chi connectivity index (χ1) is 12.7. The smallest absolute Gasteiger partial charge is 0.246 e. The van der Waals surface area contributed by atoms with Crippen LogP contribution >= 0.6 is 0 Å². The molecule has 2 aromatic rings. The van der Waals surface area contributed by atoms with Gasteiger partial charge in [0.25, 0.3) is 0 Å². The third-order valence-corrected chi connectivity index (χ3v) is 5.36. The second-order valence-corrected chi connectivity index (χ2v) is 6.91. The molecule has 1 N–H and O–H groups in total. The SMILES string of the molecule is CNC(=O)[C@H]1CC[C@H]2OCCN(C(=O)Cn3nc4ccccc4n3)[C@@H]2C1. The Hall–Kier alpha value is -2.48. The maximum absolute atomic E-state index is 12.9. The number of hydrogen-bond acceptors (Lipinski definition) is 5. The van der Waals surface area contributed by atoms with Crippen LogP contribution in [0, 0.1) is 5.92 Å². The first kappa shape index (κ1) is 17.0. The monoisotopic (exact) mass is 357 g/mol. The van der Waals surface area contributed by atoms with Crippen molar-refractivity contribution >= 4 is 22.8 Å². The second-order valence-electron chi connectivity index (χ2n) is 6.91. The lowest BCUT2D eigenvalue weighted by Gasteiger charge is -2.45. The van der Waals surface area contributed by atoms with Crippen molar-refractivity contribution in [2.45, 2.75) is 38.0 Å². The van der Waals surface area contributed by atoms with Gasteiger partial charge >= 0.3 is 0 Å². The minimum atomic E-state index is -0.0660. The standard InChI is InChI=1S/C18H23N5O3/c1-19-18(25)12-6-7-16-15(10-12)22(8-9-26-16)17(24)11-23-20-13-4-2-3-5-14(13)21-23/h2-5,12,15-16H,6-11H2,1H3,(H,19,25)/t12-,15+,16+/m0/s1. The molecule has 0 radical (unpaired) electrons. The molecule has 1 aliphatic heterocycles. The summed E-state index contributed by atoms with van der Waals surface area (Å²) >= 11 is 0. The molecule has 1 saturated carbocycles. The van der Waals surface area contributed by atoms with Gasteiger partial charge in [0.05, 0.1) is 18.8 Å². The Labute approximate surface area is 151 Å². The number of amides is 2. The number of carbonyl (C=O) groups excluding carboxylic acids is 2. The Morgan fingerprint density at radius 1 is 1.23 bits per heavy atom. The van der Waals surface area contributed by atoms with Crippen molar-refractivity contribution in [3.8, 4) is 0 Å². The molecule has 0 bridgehead atoms. The molecule has 2 heterocycles. The van der Waals surface area contributed by atoms with Gasteiger partial charge in [-0.15, -0.1) is 0 Å². The lowest BCUT2D eigenvalue weighted by molar-refractivity contribution is -0.154. The Morgan fingerprint density at radius 3 is 2.65 bits per heavy atom. The average Bonchev–Trinajstić information content (AvgIpc) is 3.08. The summed E-state index contributed by atoms with van der Waals surface area (Å²) in [7, 11) is 1.66. The van der Waals surface area contributed by atoms with Crippen LogP contribution in [0.4, 0.5) is 0 Å². The van der Waals surface area contributed by atoms with Crippen LogP contribution < -0.4 is 5.32 Å². The highest BCUT2D eigenvalue weighted by Crippen LogP contribution is 2.32. The van der Waals surface area contributed by atoms with Crippen molar-refractivity contribution in [3.63, 3.8) is 0 Å². The van der Waals surface area contributed by atoms with Gasteiger partial charge in [0, 0.05) is 19.5 Å². The maximum atomic E-state index is 12.9. The Balaban J connectivity index is 1.49. The Kier molecular flexibility index (Phi) is 4.58. The zero-order valence-corrected chi connectivity index (χ0v) is 14.8. The zero-order valence-electron chi connectivity index (χ0n) is 14.8. The molecule has 2 fully saturated rings. The zero-order chi connectivity index (χ0) is 18.1. The third-order valence-electron chi connectivity index (χ3n) is 5.36. The fraction of sp³-hybridized carbons (Fsp3) is 0.556. The van der Waals surface area contributed by atoms with Gasteiger partial charge in [0.1, 0.15) is 17.6 Å². The predicted octanol–water partition coefficient (Wildman–Crippen LogP) is 0.573. The van der Waals surface area contributed by atoms with E-state index in [1.165, 1.54) is 4.80 Å². The van der Waals surface area contributed by atoms with E-state index in [-0.39, 0.29) is 36.4 Å². The van der Waals surface area contributed by atoms with Crippen molar-refractivity contribution in [3.05, 3.63) is 24.3 Å². The fourth-order valence-corrected chi connectivity index (χ4v) is 4.05. The Bertz CT molecular complexity index is 787. The van der Waals surface area contributed by atoms with Gasteiger partial charge in [-0.3, -0.25) is 9.59 Å². The molecule has 2 amide bonds. The largest absolute Gasteiger partial charge is 0.374 e. The molecule has 8 nitrogen and oxygen atoms in total. The van der Waals surface area contributed by atoms with Crippen molar-refractivity contribution in [1.29, 1.82) is 0 Å². The van der Waals surface area contributed by atoms with E-state index in [1.54, 1.807) is 7.05 Å². The quantitative estimate of drug-likeness (QED) is 0.868. The minimum absolute atomic E-state index is 0.0123. The number of carbonyl (C=O) groups is 2. The van der Waals surface area contributed by atoms with Crippen LogP contribution in [0.2, 0.25) is 0 Å². The van der Waals surface area contributed by atoms with E-state index >= 15 is 0 Å². The summed E-state index contributed by atoms with van der Waals surface area (Å²) in [5.41, 5.74) is 1.55. The number of ether oxygens (including phenoxy) is 1. The van der Waals surface area contributed by atoms with Crippen LogP contribution in [0.25, 0.3) is 11.0 Å². The van der Waals surface area contributed by atoms with Crippen LogP contribution in [0.3, 0.4) is 0 Å². The molecule has 3 atom stereocenters. The molecule has 2 aliphatic rings.